The van der Waals surface area contributed by atoms with Crippen LogP contribution in [0.25, 0.3) is 0 Å². The monoisotopic (exact) mass is 117 g/mol. The van der Waals surface area contributed by atoms with E-state index in [0.29, 0.717) is 12.5 Å². The molecule has 0 amide bonds. The van der Waals surface area contributed by atoms with E-state index in [1.807, 2.05) is 13.8 Å². The van der Waals surface area contributed by atoms with Crippen LogP contribution in [0.1, 0.15) is 20.8 Å². The van der Waals surface area contributed by atoms with Gasteiger partial charge in [-0.2, -0.15) is 0 Å². The fourth-order valence-corrected chi connectivity index (χ4v) is 0.287. The van der Waals surface area contributed by atoms with Crippen LogP contribution in [0.15, 0.2) is 0 Å². The first-order valence-electron chi connectivity index (χ1n) is 2.78. The zero-order chi connectivity index (χ0) is 6.57. The highest BCUT2D eigenvalue weighted by molar-refractivity contribution is 4.49. The minimum absolute atomic E-state index is 0.0544. The number of hydrogen-bond acceptors (Lipinski definition) is 2. The Morgan fingerprint density at radius 2 is 2.12 bits per heavy atom. The first-order valence-corrected chi connectivity index (χ1v) is 2.78. The van der Waals surface area contributed by atoms with Crippen LogP contribution in [0.3, 0.4) is 0 Å². The van der Waals surface area contributed by atoms with Crippen LogP contribution in [0.4, 0.5) is 0 Å². The van der Waals surface area contributed by atoms with Crippen molar-refractivity contribution in [1.29, 1.82) is 0 Å². The standard InChI is InChI=1S/C6H13O2/c1-5(2)4-8-6(3)7/h5,7H,4H2,1-3H3. The highest BCUT2D eigenvalue weighted by atomic mass is 16.6. The van der Waals surface area contributed by atoms with Gasteiger partial charge in [0.1, 0.15) is 0 Å². The maximum atomic E-state index is 8.50. The second kappa shape index (κ2) is 3.87. The minimum Gasteiger partial charge on any atom is -0.362 e. The maximum absolute atomic E-state index is 8.50. The van der Waals surface area contributed by atoms with E-state index in [0.717, 1.165) is 0 Å². The Hall–Kier alpha value is -0.0800. The molecule has 49 valence electrons. The Balaban J connectivity index is 2.93. The van der Waals surface area contributed by atoms with Crippen molar-refractivity contribution < 1.29 is 9.84 Å². The van der Waals surface area contributed by atoms with Crippen molar-refractivity contribution in [2.75, 3.05) is 6.61 Å². The first kappa shape index (κ1) is 7.92. The molecule has 0 rings (SSSR count). The number of aliphatic hydroxyl groups excluding tert-OH is 1. The zero-order valence-electron chi connectivity index (χ0n) is 5.64. The predicted octanol–water partition coefficient (Wildman–Crippen LogP) is 1.54. The van der Waals surface area contributed by atoms with Gasteiger partial charge in [-0.25, -0.2) is 0 Å². The highest BCUT2D eigenvalue weighted by Gasteiger charge is 1.97. The fraction of sp³-hybridized carbons (Fsp3) is 0.833. The minimum atomic E-state index is 0.0544. The molecule has 0 fully saturated rings. The lowest BCUT2D eigenvalue weighted by atomic mass is 10.2. The van der Waals surface area contributed by atoms with Gasteiger partial charge in [0.15, 0.2) is 0 Å². The second-order valence-corrected chi connectivity index (χ2v) is 2.22. The van der Waals surface area contributed by atoms with Crippen LogP contribution < -0.4 is 0 Å². The molecule has 0 aromatic rings. The quantitative estimate of drug-likeness (QED) is 0.607. The van der Waals surface area contributed by atoms with E-state index in [4.69, 9.17) is 9.84 Å². The summed E-state index contributed by atoms with van der Waals surface area (Å²) in [7, 11) is 0. The van der Waals surface area contributed by atoms with Crippen LogP contribution in [0.2, 0.25) is 0 Å². The lowest BCUT2D eigenvalue weighted by Gasteiger charge is -2.06. The first-order chi connectivity index (χ1) is 3.63. The molecular formula is C6H13O2. The molecule has 0 aliphatic rings. The molecule has 0 bridgehead atoms. The third-order valence-corrected chi connectivity index (χ3v) is 0.626. The largest absolute Gasteiger partial charge is 0.362 e. The molecule has 0 aliphatic heterocycles. The number of rotatable bonds is 3. The molecule has 0 spiro atoms. The van der Waals surface area contributed by atoms with Gasteiger partial charge in [0.05, 0.1) is 6.61 Å². The summed E-state index contributed by atoms with van der Waals surface area (Å²) in [5.74, 6) is 0.483. The Labute approximate surface area is 50.5 Å². The molecule has 0 heterocycles. The summed E-state index contributed by atoms with van der Waals surface area (Å²) >= 11 is 0. The van der Waals surface area contributed by atoms with E-state index in [-0.39, 0.29) is 6.29 Å². The summed E-state index contributed by atoms with van der Waals surface area (Å²) in [5.41, 5.74) is 0. The Morgan fingerprint density at radius 3 is 2.25 bits per heavy atom. The van der Waals surface area contributed by atoms with Gasteiger partial charge in [0.25, 0.3) is 0 Å². The van der Waals surface area contributed by atoms with Crippen molar-refractivity contribution in [3.63, 3.8) is 0 Å². The van der Waals surface area contributed by atoms with Gasteiger partial charge >= 0.3 is 0 Å². The number of aliphatic hydroxyl groups is 1. The average Bonchev–Trinajstić information content (AvgIpc) is 1.61. The predicted molar refractivity (Wildman–Crippen MR) is 31.6 cm³/mol. The summed E-state index contributed by atoms with van der Waals surface area (Å²) in [6, 6.07) is 0. The van der Waals surface area contributed by atoms with E-state index < -0.39 is 0 Å². The Morgan fingerprint density at radius 1 is 1.62 bits per heavy atom. The lowest BCUT2D eigenvalue weighted by Crippen LogP contribution is -2.04. The SMILES string of the molecule is C[C](O)OCC(C)C. The summed E-state index contributed by atoms with van der Waals surface area (Å²) in [6.45, 7) is 6.19. The van der Waals surface area contributed by atoms with Gasteiger partial charge in [-0.3, -0.25) is 0 Å². The third kappa shape index (κ3) is 5.92. The van der Waals surface area contributed by atoms with E-state index in [1.54, 1.807) is 0 Å². The molecule has 0 aliphatic carbocycles. The van der Waals surface area contributed by atoms with Crippen LogP contribution in [-0.4, -0.2) is 11.7 Å². The molecule has 1 N–H and O–H groups in total. The third-order valence-electron chi connectivity index (χ3n) is 0.626. The van der Waals surface area contributed by atoms with Gasteiger partial charge in [-0.15, -0.1) is 0 Å². The highest BCUT2D eigenvalue weighted by Crippen LogP contribution is 1.98. The molecule has 0 saturated carbocycles. The summed E-state index contributed by atoms with van der Waals surface area (Å²) < 4.78 is 4.78. The normalized spacial score (nSPS) is 11.2. The van der Waals surface area contributed by atoms with Gasteiger partial charge in [0.2, 0.25) is 6.29 Å². The van der Waals surface area contributed by atoms with Gasteiger partial charge in [-0.1, -0.05) is 13.8 Å². The molecule has 0 saturated heterocycles. The summed E-state index contributed by atoms with van der Waals surface area (Å²) in [6.07, 6.45) is 0.0544. The van der Waals surface area contributed by atoms with Gasteiger partial charge in [0, 0.05) is 0 Å². The molecular weight excluding hydrogens is 104 g/mol. The molecule has 8 heavy (non-hydrogen) atoms. The lowest BCUT2D eigenvalue weighted by molar-refractivity contribution is 0.00287. The van der Waals surface area contributed by atoms with Crippen LogP contribution in [-0.2, 0) is 4.74 Å². The van der Waals surface area contributed by atoms with E-state index in [1.165, 1.54) is 6.92 Å². The topological polar surface area (TPSA) is 29.5 Å². The van der Waals surface area contributed by atoms with Crippen LogP contribution in [0.5, 0.6) is 0 Å². The van der Waals surface area contributed by atoms with E-state index in [9.17, 15) is 0 Å². The fourth-order valence-electron chi connectivity index (χ4n) is 0.287. The molecule has 1 radical (unpaired) electrons. The molecule has 0 aromatic carbocycles. The molecule has 2 heteroatoms. The van der Waals surface area contributed by atoms with Crippen molar-refractivity contribution in [2.45, 2.75) is 20.8 Å². The average molecular weight is 117 g/mol. The maximum Gasteiger partial charge on any atom is 0.217 e. The smallest absolute Gasteiger partial charge is 0.217 e. The van der Waals surface area contributed by atoms with Crippen molar-refractivity contribution >= 4 is 0 Å². The molecule has 0 aromatic heterocycles. The van der Waals surface area contributed by atoms with E-state index in [2.05, 4.69) is 0 Å². The summed E-state index contributed by atoms with van der Waals surface area (Å²) in [5, 5.41) is 8.50. The summed E-state index contributed by atoms with van der Waals surface area (Å²) in [4.78, 5) is 0. The molecule has 0 unspecified atom stereocenters. The van der Waals surface area contributed by atoms with Crippen molar-refractivity contribution in [1.82, 2.24) is 0 Å². The van der Waals surface area contributed by atoms with Crippen molar-refractivity contribution in [3.8, 4) is 0 Å². The molecule has 0 atom stereocenters. The van der Waals surface area contributed by atoms with E-state index >= 15 is 0 Å². The van der Waals surface area contributed by atoms with Crippen molar-refractivity contribution in [2.24, 2.45) is 5.92 Å². The van der Waals surface area contributed by atoms with Gasteiger partial charge < -0.3 is 9.84 Å². The number of hydrogen-bond donors (Lipinski definition) is 1. The molecule has 2 nitrogen and oxygen atoms in total. The number of ether oxygens (including phenoxy) is 1. The Bertz CT molecular complexity index is 42.5. The van der Waals surface area contributed by atoms with Crippen molar-refractivity contribution in [3.05, 3.63) is 6.29 Å². The second-order valence-electron chi connectivity index (χ2n) is 2.22. The Kier molecular flexibility index (Phi) is 3.83. The van der Waals surface area contributed by atoms with Gasteiger partial charge in [-0.05, 0) is 12.8 Å². The van der Waals surface area contributed by atoms with Crippen LogP contribution >= 0.6 is 0 Å². The zero-order valence-corrected chi connectivity index (χ0v) is 5.64. The van der Waals surface area contributed by atoms with Crippen LogP contribution in [0, 0.1) is 12.2 Å².